The van der Waals surface area contributed by atoms with Crippen LogP contribution in [0.1, 0.15) is 16.7 Å². The normalized spacial score (nSPS) is 11.2. The number of aromatic nitrogens is 3. The number of aromatic amines is 1. The molecule has 0 unspecified atom stereocenters. The largest absolute Gasteiger partial charge is 0.277 e. The summed E-state index contributed by atoms with van der Waals surface area (Å²) in [7, 11) is -4.17. The third-order valence-electron chi connectivity index (χ3n) is 5.49. The highest BCUT2D eigenvalue weighted by Gasteiger charge is 2.20. The van der Waals surface area contributed by atoms with Gasteiger partial charge in [0, 0.05) is 17.1 Å². The maximum Gasteiger partial charge on any atom is 0.262 e. The molecule has 36 heavy (non-hydrogen) atoms. The van der Waals surface area contributed by atoms with Gasteiger partial charge in [0.15, 0.2) is 11.5 Å². The van der Waals surface area contributed by atoms with Crippen molar-refractivity contribution in [3.63, 3.8) is 0 Å². The van der Waals surface area contributed by atoms with E-state index in [0.717, 1.165) is 23.3 Å². The topological polar surface area (TPSA) is 87.7 Å². The zero-order valence-corrected chi connectivity index (χ0v) is 19.7. The molecule has 0 aliphatic carbocycles. The van der Waals surface area contributed by atoms with Gasteiger partial charge < -0.3 is 0 Å². The fraction of sp³-hybridized carbons (Fsp3) is 0.0370. The highest BCUT2D eigenvalue weighted by molar-refractivity contribution is 7.92. The predicted molar refractivity (Wildman–Crippen MR) is 134 cm³/mol. The van der Waals surface area contributed by atoms with E-state index in [-0.39, 0.29) is 4.90 Å². The second-order valence-corrected chi connectivity index (χ2v) is 9.75. The minimum Gasteiger partial charge on any atom is -0.277 e. The molecule has 5 rings (SSSR count). The summed E-state index contributed by atoms with van der Waals surface area (Å²) in [5, 5.41) is 7.26. The molecule has 3 aromatic carbocycles. The third-order valence-corrected chi connectivity index (χ3v) is 6.85. The molecule has 0 saturated carbocycles. The molecule has 0 radical (unpaired) electrons. The van der Waals surface area contributed by atoms with Crippen molar-refractivity contribution in [3.8, 4) is 23.0 Å². The van der Waals surface area contributed by atoms with Crippen molar-refractivity contribution in [1.82, 2.24) is 15.2 Å². The molecule has 0 saturated heterocycles. The van der Waals surface area contributed by atoms with Crippen LogP contribution < -0.4 is 4.72 Å². The fourth-order valence-corrected chi connectivity index (χ4v) is 4.68. The van der Waals surface area contributed by atoms with Crippen LogP contribution in [0.4, 0.5) is 14.5 Å². The molecule has 0 aliphatic rings. The van der Waals surface area contributed by atoms with E-state index < -0.39 is 32.9 Å². The minimum atomic E-state index is -4.17. The second kappa shape index (κ2) is 9.24. The lowest BCUT2D eigenvalue weighted by Gasteiger charge is -2.11. The molecular formula is C27H18F2N4O2S. The van der Waals surface area contributed by atoms with Gasteiger partial charge in [-0.25, -0.2) is 22.2 Å². The van der Waals surface area contributed by atoms with E-state index in [0.29, 0.717) is 22.2 Å². The van der Waals surface area contributed by atoms with Gasteiger partial charge in [0.1, 0.15) is 5.82 Å². The first kappa shape index (κ1) is 23.2. The number of anilines is 1. The van der Waals surface area contributed by atoms with Gasteiger partial charge in [0.25, 0.3) is 10.0 Å². The molecule has 5 aromatic rings. The van der Waals surface area contributed by atoms with E-state index >= 15 is 4.39 Å². The van der Waals surface area contributed by atoms with Gasteiger partial charge in [0.05, 0.1) is 22.3 Å². The second-order valence-electron chi connectivity index (χ2n) is 8.07. The van der Waals surface area contributed by atoms with Crippen LogP contribution >= 0.6 is 0 Å². The molecule has 2 N–H and O–H groups in total. The number of rotatable bonds is 4. The van der Waals surface area contributed by atoms with E-state index in [9.17, 15) is 12.8 Å². The Morgan fingerprint density at radius 1 is 0.917 bits per heavy atom. The minimum absolute atomic E-state index is 0.0589. The van der Waals surface area contributed by atoms with E-state index in [2.05, 4.69) is 31.7 Å². The summed E-state index contributed by atoms with van der Waals surface area (Å²) in [4.78, 5) is 4.07. The van der Waals surface area contributed by atoms with Crippen molar-refractivity contribution in [2.75, 3.05) is 4.72 Å². The molecule has 6 nitrogen and oxygen atoms in total. The first-order valence-electron chi connectivity index (χ1n) is 10.8. The smallest absolute Gasteiger partial charge is 0.262 e. The number of H-pyrrole nitrogens is 1. The number of nitrogens with zero attached hydrogens (tertiary/aromatic N) is 2. The molecule has 0 atom stereocenters. The lowest BCUT2D eigenvalue weighted by Crippen LogP contribution is -2.14. The molecule has 0 amide bonds. The number of nitrogens with one attached hydrogen (secondary N) is 2. The lowest BCUT2D eigenvalue weighted by molar-refractivity contribution is 0.578. The Labute approximate surface area is 206 Å². The number of sulfonamides is 1. The Balaban J connectivity index is 1.45. The molecule has 2 aromatic heterocycles. The molecule has 0 fully saturated rings. The number of benzene rings is 3. The van der Waals surface area contributed by atoms with E-state index in [1.54, 1.807) is 24.4 Å². The standard InChI is InChI=1S/C27H18F2N4O2S/c1-17-5-8-19(9-6-17)20-3-2-4-22(14-20)36(34,35)33-25-12-11-24(28)23(26(25)29)10-7-18-13-21-16-31-32-27(21)30-15-18/h2-6,8-9,11-16,33H,1H3,(H,30,31,32). The lowest BCUT2D eigenvalue weighted by atomic mass is 10.0. The van der Waals surface area contributed by atoms with Crippen LogP contribution in [-0.2, 0) is 10.0 Å². The van der Waals surface area contributed by atoms with Crippen LogP contribution in [0.2, 0.25) is 0 Å². The van der Waals surface area contributed by atoms with Crippen LogP contribution in [0.25, 0.3) is 22.2 Å². The van der Waals surface area contributed by atoms with Crippen molar-refractivity contribution in [1.29, 1.82) is 0 Å². The number of halogens is 2. The summed E-state index contributed by atoms with van der Waals surface area (Å²) >= 11 is 0. The van der Waals surface area contributed by atoms with Crippen LogP contribution in [-0.4, -0.2) is 23.6 Å². The van der Waals surface area contributed by atoms with E-state index in [1.165, 1.54) is 18.3 Å². The summed E-state index contributed by atoms with van der Waals surface area (Å²) in [6, 6.07) is 17.6. The Kier molecular flexibility index (Phi) is 5.96. The summed E-state index contributed by atoms with van der Waals surface area (Å²) in [6.07, 6.45) is 2.99. The molecular weight excluding hydrogens is 482 g/mol. The summed E-state index contributed by atoms with van der Waals surface area (Å²) in [6.45, 7) is 1.96. The number of hydrogen-bond donors (Lipinski definition) is 2. The molecule has 0 aliphatic heterocycles. The van der Waals surface area contributed by atoms with Crippen molar-refractivity contribution >= 4 is 26.7 Å². The Morgan fingerprint density at radius 3 is 2.53 bits per heavy atom. The van der Waals surface area contributed by atoms with Crippen molar-refractivity contribution in [3.05, 3.63) is 107 Å². The summed E-state index contributed by atoms with van der Waals surface area (Å²) < 4.78 is 57.9. The monoisotopic (exact) mass is 500 g/mol. The maximum atomic E-state index is 15.2. The number of pyridine rings is 1. The first-order valence-corrected chi connectivity index (χ1v) is 12.3. The quantitative estimate of drug-likeness (QED) is 0.323. The van der Waals surface area contributed by atoms with E-state index in [1.807, 2.05) is 31.2 Å². The van der Waals surface area contributed by atoms with Crippen molar-refractivity contribution in [2.45, 2.75) is 11.8 Å². The van der Waals surface area contributed by atoms with Gasteiger partial charge in [-0.15, -0.1) is 0 Å². The van der Waals surface area contributed by atoms with Gasteiger partial charge >= 0.3 is 0 Å². The molecule has 178 valence electrons. The highest BCUT2D eigenvalue weighted by Crippen LogP contribution is 2.27. The van der Waals surface area contributed by atoms with Gasteiger partial charge in [0.2, 0.25) is 0 Å². The van der Waals surface area contributed by atoms with Crippen LogP contribution in [0.5, 0.6) is 0 Å². The number of hydrogen-bond acceptors (Lipinski definition) is 4. The summed E-state index contributed by atoms with van der Waals surface area (Å²) in [5.41, 5.74) is 2.61. The van der Waals surface area contributed by atoms with Gasteiger partial charge in [-0.1, -0.05) is 53.8 Å². The Morgan fingerprint density at radius 2 is 1.72 bits per heavy atom. The van der Waals surface area contributed by atoms with Gasteiger partial charge in [-0.2, -0.15) is 5.10 Å². The molecule has 9 heteroatoms. The molecule has 0 spiro atoms. The summed E-state index contributed by atoms with van der Waals surface area (Å²) in [5.74, 6) is 3.09. The van der Waals surface area contributed by atoms with Crippen molar-refractivity contribution in [2.24, 2.45) is 0 Å². The Bertz CT molecular complexity index is 1770. The average Bonchev–Trinajstić information content (AvgIpc) is 3.34. The number of fused-ring (bicyclic) bond motifs is 1. The zero-order valence-electron chi connectivity index (χ0n) is 18.9. The molecule has 2 heterocycles. The van der Waals surface area contributed by atoms with Crippen LogP contribution in [0, 0.1) is 30.4 Å². The van der Waals surface area contributed by atoms with Gasteiger partial charge in [-0.05, 0) is 48.4 Å². The maximum absolute atomic E-state index is 15.2. The van der Waals surface area contributed by atoms with Crippen LogP contribution in [0.3, 0.4) is 0 Å². The van der Waals surface area contributed by atoms with Gasteiger partial charge in [-0.3, -0.25) is 9.82 Å². The SMILES string of the molecule is Cc1ccc(-c2cccc(S(=O)(=O)Nc3ccc(F)c(C#Cc4cnc5[nH]ncc5c4)c3F)c2)cc1. The van der Waals surface area contributed by atoms with Crippen LogP contribution in [0.15, 0.2) is 84.0 Å². The first-order chi connectivity index (χ1) is 17.3. The van der Waals surface area contributed by atoms with Crippen molar-refractivity contribution < 1.29 is 17.2 Å². The Hall–Kier alpha value is -4.55. The fourth-order valence-electron chi connectivity index (χ4n) is 3.58. The highest BCUT2D eigenvalue weighted by atomic mass is 32.2. The zero-order chi connectivity index (χ0) is 25.3. The molecule has 0 bridgehead atoms. The average molecular weight is 501 g/mol. The van der Waals surface area contributed by atoms with E-state index in [4.69, 9.17) is 0 Å². The number of aryl methyl sites for hydroxylation is 1. The third kappa shape index (κ3) is 4.67. The predicted octanol–water partition coefficient (Wildman–Crippen LogP) is 5.41.